The van der Waals surface area contributed by atoms with Crippen LogP contribution >= 0.6 is 0 Å². The predicted octanol–water partition coefficient (Wildman–Crippen LogP) is 5.26. The Morgan fingerprint density at radius 3 is 2.61 bits per heavy atom. The monoisotopic (exact) mass is 420 g/mol. The summed E-state index contributed by atoms with van der Waals surface area (Å²) < 4.78 is 26.6. The van der Waals surface area contributed by atoms with Crippen LogP contribution in [0.15, 0.2) is 71.6 Å². The second kappa shape index (κ2) is 8.23. The number of allylic oxidation sites excluding steroid dienone is 1. The number of amides is 2. The van der Waals surface area contributed by atoms with Gasteiger partial charge in [0, 0.05) is 42.5 Å². The van der Waals surface area contributed by atoms with Gasteiger partial charge in [0.15, 0.2) is 0 Å². The molecule has 0 saturated carbocycles. The summed E-state index contributed by atoms with van der Waals surface area (Å²) in [6.07, 6.45) is -0.0722. The molecule has 2 aliphatic heterocycles. The number of rotatable bonds is 3. The van der Waals surface area contributed by atoms with E-state index in [1.54, 1.807) is 41.1 Å². The van der Waals surface area contributed by atoms with Crippen molar-refractivity contribution in [3.8, 4) is 6.07 Å². The lowest BCUT2D eigenvalue weighted by atomic mass is 9.87. The van der Waals surface area contributed by atoms with Crippen LogP contribution in [0, 0.1) is 11.3 Å². The smallest absolute Gasteiger partial charge is 0.329 e. The summed E-state index contributed by atoms with van der Waals surface area (Å²) >= 11 is 0. The third-order valence-electron chi connectivity index (χ3n) is 5.73. The van der Waals surface area contributed by atoms with Gasteiger partial charge in [-0.15, -0.1) is 0 Å². The Labute approximate surface area is 179 Å². The first-order valence-corrected chi connectivity index (χ1v) is 10.0. The third kappa shape index (κ3) is 3.55. The van der Waals surface area contributed by atoms with Crippen molar-refractivity contribution in [1.82, 2.24) is 10.2 Å². The van der Waals surface area contributed by atoms with Crippen LogP contribution in [-0.4, -0.2) is 24.5 Å². The van der Waals surface area contributed by atoms with Crippen molar-refractivity contribution in [3.63, 3.8) is 0 Å². The maximum atomic E-state index is 13.5. The summed E-state index contributed by atoms with van der Waals surface area (Å²) in [5.74, 6) is 0. The molecular weight excluding hydrogens is 398 g/mol. The lowest BCUT2D eigenvalue weighted by Crippen LogP contribution is -2.51. The fourth-order valence-corrected chi connectivity index (χ4v) is 4.27. The van der Waals surface area contributed by atoms with Crippen LogP contribution in [0.3, 0.4) is 0 Å². The molecule has 4 rings (SSSR count). The Balaban J connectivity index is 1.91. The summed E-state index contributed by atoms with van der Waals surface area (Å²) in [6, 6.07) is 14.6. The first-order chi connectivity index (χ1) is 15.0. The third-order valence-corrected chi connectivity index (χ3v) is 5.73. The van der Waals surface area contributed by atoms with E-state index in [0.29, 0.717) is 24.2 Å². The zero-order chi connectivity index (χ0) is 22.1. The van der Waals surface area contributed by atoms with Gasteiger partial charge in [-0.1, -0.05) is 30.3 Å². The Hall–Kier alpha value is -3.66. The number of hydrogen-bond donors (Lipinski definition) is 1. The number of carbonyl (C=O) groups excluding carboxylic acids is 1. The molecule has 2 aliphatic rings. The highest BCUT2D eigenvalue weighted by Crippen LogP contribution is 2.43. The Kier molecular flexibility index (Phi) is 5.47. The highest BCUT2D eigenvalue weighted by atomic mass is 19.3. The normalized spacial score (nSPS) is 20.1. The van der Waals surface area contributed by atoms with Crippen LogP contribution in [0.5, 0.6) is 0 Å². The van der Waals surface area contributed by atoms with Crippen LogP contribution < -0.4 is 10.2 Å². The quantitative estimate of drug-likeness (QED) is 0.737. The van der Waals surface area contributed by atoms with Crippen LogP contribution in [0.4, 0.5) is 19.3 Å². The molecule has 2 amide bonds. The summed E-state index contributed by atoms with van der Waals surface area (Å²) in [6.45, 7) is 2.56. The standard InChI is InChI=1S/C24H22F2N4O/c1-3-19-21-20(11-12-28-19)30(18-6-4-5-17(13-18)23(25)26)24(31)29(2)22(21)16-9-7-15(14-27)8-10-16/h3-10,13,22-23,28H,11-12H2,1-2H3/t22-/m1/s1. The molecule has 7 heteroatoms. The number of urea groups is 1. The van der Waals surface area contributed by atoms with E-state index in [4.69, 9.17) is 5.26 Å². The van der Waals surface area contributed by atoms with Gasteiger partial charge in [0.1, 0.15) is 0 Å². The van der Waals surface area contributed by atoms with Gasteiger partial charge >= 0.3 is 6.03 Å². The largest absolute Gasteiger partial charge is 0.385 e. The second-order valence-electron chi connectivity index (χ2n) is 7.50. The van der Waals surface area contributed by atoms with Crippen LogP contribution in [0.25, 0.3) is 0 Å². The molecule has 0 saturated heterocycles. The molecule has 2 aromatic carbocycles. The number of likely N-dealkylation sites (N-methyl/N-ethyl adjacent to an activating group) is 1. The van der Waals surface area contributed by atoms with Gasteiger partial charge in [0.25, 0.3) is 6.43 Å². The molecule has 31 heavy (non-hydrogen) atoms. The molecule has 0 radical (unpaired) electrons. The van der Waals surface area contributed by atoms with Crippen LogP contribution in [0.1, 0.15) is 42.5 Å². The summed E-state index contributed by atoms with van der Waals surface area (Å²) in [5.41, 5.74) is 4.37. The molecule has 0 aliphatic carbocycles. The number of nitrogens with zero attached hydrogens (tertiary/aromatic N) is 3. The average molecular weight is 420 g/mol. The van der Waals surface area contributed by atoms with E-state index in [1.165, 1.54) is 12.1 Å². The minimum absolute atomic E-state index is 0.121. The maximum Gasteiger partial charge on any atom is 0.329 e. The van der Waals surface area contributed by atoms with Crippen molar-refractivity contribution in [2.24, 2.45) is 0 Å². The fraction of sp³-hybridized carbons (Fsp3) is 0.250. The molecule has 0 fully saturated rings. The van der Waals surface area contributed by atoms with E-state index in [0.717, 1.165) is 22.5 Å². The molecule has 2 aromatic rings. The molecule has 0 spiro atoms. The fourth-order valence-electron chi connectivity index (χ4n) is 4.27. The van der Waals surface area contributed by atoms with E-state index >= 15 is 0 Å². The van der Waals surface area contributed by atoms with Crippen molar-refractivity contribution in [2.45, 2.75) is 25.8 Å². The lowest BCUT2D eigenvalue weighted by molar-refractivity contribution is 0.151. The summed E-state index contributed by atoms with van der Waals surface area (Å²) in [7, 11) is 1.71. The zero-order valence-electron chi connectivity index (χ0n) is 17.3. The van der Waals surface area contributed by atoms with Gasteiger partial charge in [-0.2, -0.15) is 5.26 Å². The number of nitrogens with one attached hydrogen (secondary N) is 1. The Bertz CT molecular complexity index is 1120. The predicted molar refractivity (Wildman–Crippen MR) is 114 cm³/mol. The van der Waals surface area contributed by atoms with Crippen LogP contribution in [-0.2, 0) is 0 Å². The number of alkyl halides is 2. The first kappa shape index (κ1) is 20.6. The molecule has 1 N–H and O–H groups in total. The van der Waals surface area contributed by atoms with Crippen molar-refractivity contribution in [1.29, 1.82) is 5.26 Å². The highest BCUT2D eigenvalue weighted by molar-refractivity contribution is 5.98. The Morgan fingerprint density at radius 1 is 1.23 bits per heavy atom. The molecule has 5 nitrogen and oxygen atoms in total. The molecule has 0 bridgehead atoms. The zero-order valence-corrected chi connectivity index (χ0v) is 17.3. The van der Waals surface area contributed by atoms with Gasteiger partial charge in [-0.25, -0.2) is 13.6 Å². The average Bonchev–Trinajstić information content (AvgIpc) is 2.80. The number of hydrogen-bond acceptors (Lipinski definition) is 3. The van der Waals surface area contributed by atoms with Gasteiger partial charge in [0.2, 0.25) is 0 Å². The van der Waals surface area contributed by atoms with E-state index in [2.05, 4.69) is 11.4 Å². The lowest BCUT2D eigenvalue weighted by Gasteiger charge is -2.45. The number of anilines is 1. The summed E-state index contributed by atoms with van der Waals surface area (Å²) in [4.78, 5) is 16.7. The minimum Gasteiger partial charge on any atom is -0.385 e. The minimum atomic E-state index is -2.61. The molecule has 0 aromatic heterocycles. The molecule has 0 unspecified atom stereocenters. The van der Waals surface area contributed by atoms with Gasteiger partial charge in [0.05, 0.1) is 23.4 Å². The summed E-state index contributed by atoms with van der Waals surface area (Å²) in [5, 5.41) is 12.5. The number of halogens is 2. The molecule has 2 heterocycles. The highest BCUT2D eigenvalue weighted by Gasteiger charge is 2.41. The SMILES string of the molecule is CC=C1NCCC2=C1[C@@H](c1ccc(C#N)cc1)N(C)C(=O)N2c1cccc(C(F)F)c1. The van der Waals surface area contributed by atoms with Gasteiger partial charge in [-0.3, -0.25) is 4.90 Å². The van der Waals surface area contributed by atoms with Crippen LogP contribution in [0.2, 0.25) is 0 Å². The first-order valence-electron chi connectivity index (χ1n) is 10.0. The van der Waals surface area contributed by atoms with Crippen molar-refractivity contribution in [3.05, 3.63) is 88.3 Å². The molecule has 158 valence electrons. The number of carbonyl (C=O) groups is 1. The maximum absolute atomic E-state index is 13.5. The molecular formula is C24H22F2N4O. The number of benzene rings is 2. The van der Waals surface area contributed by atoms with Crippen molar-refractivity contribution in [2.75, 3.05) is 18.5 Å². The van der Waals surface area contributed by atoms with Crippen molar-refractivity contribution < 1.29 is 13.6 Å². The van der Waals surface area contributed by atoms with Gasteiger partial charge in [-0.05, 0) is 36.8 Å². The van der Waals surface area contributed by atoms with E-state index in [1.807, 2.05) is 25.1 Å². The number of nitriles is 1. The molecule has 1 atom stereocenters. The second-order valence-corrected chi connectivity index (χ2v) is 7.50. The topological polar surface area (TPSA) is 59.4 Å². The van der Waals surface area contributed by atoms with Gasteiger partial charge < -0.3 is 10.2 Å². The van der Waals surface area contributed by atoms with E-state index < -0.39 is 6.43 Å². The van der Waals surface area contributed by atoms with E-state index in [-0.39, 0.29) is 17.6 Å². The van der Waals surface area contributed by atoms with Crippen molar-refractivity contribution >= 4 is 11.7 Å². The Morgan fingerprint density at radius 2 is 1.97 bits per heavy atom. The van der Waals surface area contributed by atoms with E-state index in [9.17, 15) is 13.6 Å².